The second-order valence-electron chi connectivity index (χ2n) is 6.24. The number of H-pyrrole nitrogens is 1. The first-order valence-corrected chi connectivity index (χ1v) is 8.08. The van der Waals surface area contributed by atoms with Crippen LogP contribution in [0.3, 0.4) is 0 Å². The van der Waals surface area contributed by atoms with Gasteiger partial charge in [0.05, 0.1) is 5.69 Å². The fraction of sp³-hybridized carbons (Fsp3) is 0.211. The van der Waals surface area contributed by atoms with Gasteiger partial charge < -0.3 is 0 Å². The molecule has 6 heteroatoms. The predicted molar refractivity (Wildman–Crippen MR) is 88.2 cm³/mol. The summed E-state index contributed by atoms with van der Waals surface area (Å²) in [4.78, 5) is 2.08. The van der Waals surface area contributed by atoms with Crippen LogP contribution in [0.2, 0.25) is 0 Å². The second kappa shape index (κ2) is 6.37. The highest BCUT2D eigenvalue weighted by molar-refractivity contribution is 5.64. The fourth-order valence-corrected chi connectivity index (χ4v) is 3.25. The molecule has 0 saturated heterocycles. The van der Waals surface area contributed by atoms with Crippen LogP contribution in [0, 0.1) is 17.5 Å². The van der Waals surface area contributed by atoms with Gasteiger partial charge >= 0.3 is 0 Å². The number of hydrogen-bond donors (Lipinski definition) is 1. The lowest BCUT2D eigenvalue weighted by Crippen LogP contribution is -2.30. The molecule has 2 heterocycles. The summed E-state index contributed by atoms with van der Waals surface area (Å²) >= 11 is 0. The van der Waals surface area contributed by atoms with Crippen molar-refractivity contribution in [3.05, 3.63) is 76.7 Å². The van der Waals surface area contributed by atoms with E-state index in [4.69, 9.17) is 0 Å². The molecular weight excluding hydrogens is 327 g/mol. The number of fused-ring (bicyclic) bond motifs is 1. The summed E-state index contributed by atoms with van der Waals surface area (Å²) in [6.45, 7) is 1.71. The van der Waals surface area contributed by atoms with Crippen LogP contribution in [-0.4, -0.2) is 21.6 Å². The van der Waals surface area contributed by atoms with E-state index in [9.17, 15) is 13.2 Å². The molecule has 1 aliphatic rings. The Morgan fingerprint density at radius 2 is 1.88 bits per heavy atom. The van der Waals surface area contributed by atoms with Gasteiger partial charge in [-0.1, -0.05) is 18.2 Å². The van der Waals surface area contributed by atoms with E-state index in [0.717, 1.165) is 36.0 Å². The summed E-state index contributed by atoms with van der Waals surface area (Å²) in [5.41, 5.74) is 3.92. The molecule has 1 aromatic heterocycles. The van der Waals surface area contributed by atoms with Crippen molar-refractivity contribution in [3.63, 3.8) is 0 Å². The summed E-state index contributed by atoms with van der Waals surface area (Å²) < 4.78 is 40.5. The Morgan fingerprint density at radius 1 is 1.04 bits per heavy atom. The molecule has 1 N–H and O–H groups in total. The molecule has 0 radical (unpaired) electrons. The highest BCUT2D eigenvalue weighted by Gasteiger charge is 2.23. The molecule has 25 heavy (non-hydrogen) atoms. The van der Waals surface area contributed by atoms with Crippen LogP contribution in [-0.2, 0) is 19.5 Å². The van der Waals surface area contributed by atoms with Crippen LogP contribution in [0.5, 0.6) is 0 Å². The van der Waals surface area contributed by atoms with E-state index in [2.05, 4.69) is 15.1 Å². The maximum atomic E-state index is 13.9. The van der Waals surface area contributed by atoms with Crippen LogP contribution >= 0.6 is 0 Å². The molecule has 3 aromatic rings. The fourth-order valence-electron chi connectivity index (χ4n) is 3.25. The van der Waals surface area contributed by atoms with Crippen LogP contribution in [0.1, 0.15) is 16.8 Å². The Labute approximate surface area is 143 Å². The number of nitrogens with one attached hydrogen (secondary N) is 1. The molecule has 0 fully saturated rings. The summed E-state index contributed by atoms with van der Waals surface area (Å²) in [6.07, 6.45) is 0.750. The third-order valence-corrected chi connectivity index (χ3v) is 4.52. The Morgan fingerprint density at radius 3 is 2.68 bits per heavy atom. The third kappa shape index (κ3) is 3.17. The van der Waals surface area contributed by atoms with Crippen molar-refractivity contribution in [3.8, 4) is 11.3 Å². The minimum atomic E-state index is -0.578. The molecule has 3 nitrogen and oxygen atoms in total. The van der Waals surface area contributed by atoms with Gasteiger partial charge in [-0.05, 0) is 18.2 Å². The first-order valence-electron chi connectivity index (χ1n) is 8.08. The largest absolute Gasteiger partial charge is 0.294 e. The van der Waals surface area contributed by atoms with Gasteiger partial charge in [0.25, 0.3) is 0 Å². The summed E-state index contributed by atoms with van der Waals surface area (Å²) in [5.74, 6) is -1.43. The SMILES string of the molecule is Fc1cccc(-c2n[nH]c3c2CN(Cc2ccc(F)cc2F)CC3)c1. The molecule has 4 rings (SSSR count). The second-order valence-corrected chi connectivity index (χ2v) is 6.24. The lowest BCUT2D eigenvalue weighted by molar-refractivity contribution is 0.241. The Hall–Kier alpha value is -2.60. The summed E-state index contributed by atoms with van der Waals surface area (Å²) in [5, 5.41) is 7.36. The number of rotatable bonds is 3. The molecule has 0 saturated carbocycles. The number of aromatic nitrogens is 2. The van der Waals surface area contributed by atoms with Gasteiger partial charge in [-0.25, -0.2) is 13.2 Å². The van der Waals surface area contributed by atoms with Gasteiger partial charge in [-0.2, -0.15) is 5.10 Å². The summed E-state index contributed by atoms with van der Waals surface area (Å²) in [7, 11) is 0. The zero-order valence-corrected chi connectivity index (χ0v) is 13.4. The number of hydrogen-bond acceptors (Lipinski definition) is 2. The van der Waals surface area contributed by atoms with E-state index in [1.165, 1.54) is 24.3 Å². The topological polar surface area (TPSA) is 31.9 Å². The third-order valence-electron chi connectivity index (χ3n) is 4.52. The van der Waals surface area contributed by atoms with Gasteiger partial charge in [-0.3, -0.25) is 10.00 Å². The lowest BCUT2D eigenvalue weighted by Gasteiger charge is -2.27. The Balaban J connectivity index is 1.59. The van der Waals surface area contributed by atoms with Gasteiger partial charge in [0.15, 0.2) is 0 Å². The average Bonchev–Trinajstić information content (AvgIpc) is 3.01. The maximum Gasteiger partial charge on any atom is 0.130 e. The van der Waals surface area contributed by atoms with E-state index >= 15 is 0 Å². The lowest BCUT2D eigenvalue weighted by atomic mass is 10.0. The molecule has 1 aliphatic heterocycles. The van der Waals surface area contributed by atoms with E-state index in [1.54, 1.807) is 6.07 Å². The Bertz CT molecular complexity index is 920. The van der Waals surface area contributed by atoms with E-state index < -0.39 is 11.6 Å². The number of nitrogens with zero attached hydrogens (tertiary/aromatic N) is 2. The quantitative estimate of drug-likeness (QED) is 0.778. The van der Waals surface area contributed by atoms with E-state index in [0.29, 0.717) is 24.2 Å². The van der Waals surface area contributed by atoms with Crippen molar-refractivity contribution < 1.29 is 13.2 Å². The first kappa shape index (κ1) is 15.9. The normalized spacial score (nSPS) is 14.5. The smallest absolute Gasteiger partial charge is 0.130 e. The molecule has 0 bridgehead atoms. The van der Waals surface area contributed by atoms with E-state index in [1.807, 2.05) is 6.07 Å². The molecule has 0 spiro atoms. The van der Waals surface area contributed by atoms with Crippen molar-refractivity contribution >= 4 is 0 Å². The minimum Gasteiger partial charge on any atom is -0.294 e. The Kier molecular flexibility index (Phi) is 4.05. The first-order chi connectivity index (χ1) is 12.1. The number of aromatic amines is 1. The minimum absolute atomic E-state index is 0.310. The molecule has 0 unspecified atom stereocenters. The van der Waals surface area contributed by atoms with Crippen molar-refractivity contribution in [2.24, 2.45) is 0 Å². The van der Waals surface area contributed by atoms with Crippen LogP contribution < -0.4 is 0 Å². The summed E-state index contributed by atoms with van der Waals surface area (Å²) in [6, 6.07) is 9.97. The van der Waals surface area contributed by atoms with Crippen LogP contribution in [0.15, 0.2) is 42.5 Å². The van der Waals surface area contributed by atoms with Crippen molar-refractivity contribution in [2.75, 3.05) is 6.54 Å². The van der Waals surface area contributed by atoms with E-state index in [-0.39, 0.29) is 5.82 Å². The predicted octanol–water partition coefficient (Wildman–Crippen LogP) is 4.05. The van der Waals surface area contributed by atoms with Gasteiger partial charge in [0, 0.05) is 54.5 Å². The standard InChI is InChI=1S/C19H16F3N3/c20-14-3-1-2-12(8-14)19-16-11-25(7-6-18(16)23-24-19)10-13-4-5-15(21)9-17(13)22/h1-5,8-9H,6-7,10-11H2,(H,23,24). The highest BCUT2D eigenvalue weighted by Crippen LogP contribution is 2.29. The van der Waals surface area contributed by atoms with Crippen molar-refractivity contribution in [1.82, 2.24) is 15.1 Å². The number of halogens is 3. The monoisotopic (exact) mass is 343 g/mol. The molecule has 0 amide bonds. The molecule has 2 aromatic carbocycles. The van der Waals surface area contributed by atoms with Crippen molar-refractivity contribution in [1.29, 1.82) is 0 Å². The van der Waals surface area contributed by atoms with Crippen molar-refractivity contribution in [2.45, 2.75) is 19.5 Å². The van der Waals surface area contributed by atoms with Gasteiger partial charge in [0.2, 0.25) is 0 Å². The molecular formula is C19H16F3N3. The number of benzene rings is 2. The van der Waals surface area contributed by atoms with Gasteiger partial charge in [-0.15, -0.1) is 0 Å². The van der Waals surface area contributed by atoms with Crippen LogP contribution in [0.4, 0.5) is 13.2 Å². The average molecular weight is 343 g/mol. The van der Waals surface area contributed by atoms with Gasteiger partial charge in [0.1, 0.15) is 17.5 Å². The molecule has 0 atom stereocenters. The highest BCUT2D eigenvalue weighted by atomic mass is 19.1. The zero-order valence-electron chi connectivity index (χ0n) is 13.4. The maximum absolute atomic E-state index is 13.9. The van der Waals surface area contributed by atoms with Crippen LogP contribution in [0.25, 0.3) is 11.3 Å². The zero-order chi connectivity index (χ0) is 17.4. The molecule has 128 valence electrons. The molecule has 0 aliphatic carbocycles.